The number of nitrogens with zero attached hydrogens (tertiary/aromatic N) is 1. The molecule has 3 rings (SSSR count). The van der Waals surface area contributed by atoms with Crippen LogP contribution in [0.1, 0.15) is 51.4 Å². The summed E-state index contributed by atoms with van der Waals surface area (Å²) in [5.41, 5.74) is 0. The molecular formula is C12H20N. The molecule has 0 atom stereocenters. The monoisotopic (exact) mass is 178 g/mol. The first kappa shape index (κ1) is 8.28. The van der Waals surface area contributed by atoms with Crippen molar-refractivity contribution in [3.05, 3.63) is 6.42 Å². The lowest BCUT2D eigenvalue weighted by Crippen LogP contribution is -2.40. The second kappa shape index (κ2) is 3.27. The molecule has 1 aliphatic carbocycles. The minimum Gasteiger partial charge on any atom is -0.294 e. The topological polar surface area (TPSA) is 3.24 Å². The molecule has 2 aliphatic heterocycles. The quantitative estimate of drug-likeness (QED) is 0.597. The minimum atomic E-state index is 0.963. The lowest BCUT2D eigenvalue weighted by atomic mass is 9.94. The summed E-state index contributed by atoms with van der Waals surface area (Å²) in [5.74, 6) is 0. The zero-order chi connectivity index (χ0) is 8.67. The summed E-state index contributed by atoms with van der Waals surface area (Å²) in [6, 6.07) is 2.95. The van der Waals surface area contributed by atoms with Crippen LogP contribution < -0.4 is 0 Å². The lowest BCUT2D eigenvalue weighted by Gasteiger charge is -2.34. The highest BCUT2D eigenvalue weighted by molar-refractivity contribution is 4.99. The molecule has 0 N–H and O–H groups in total. The van der Waals surface area contributed by atoms with Crippen molar-refractivity contribution >= 4 is 0 Å². The predicted octanol–water partition coefficient (Wildman–Crippen LogP) is 2.76. The van der Waals surface area contributed by atoms with Gasteiger partial charge in [-0.25, -0.2) is 0 Å². The van der Waals surface area contributed by atoms with E-state index in [0.717, 1.165) is 18.1 Å². The normalized spacial score (nSPS) is 41.5. The molecule has 0 spiro atoms. The molecule has 0 unspecified atom stereocenters. The highest BCUT2D eigenvalue weighted by Crippen LogP contribution is 2.41. The zero-order valence-electron chi connectivity index (χ0n) is 8.41. The second-order valence-corrected chi connectivity index (χ2v) is 5.01. The van der Waals surface area contributed by atoms with Crippen molar-refractivity contribution in [1.29, 1.82) is 0 Å². The van der Waals surface area contributed by atoms with Gasteiger partial charge in [-0.15, -0.1) is 0 Å². The van der Waals surface area contributed by atoms with Gasteiger partial charge in [-0.1, -0.05) is 0 Å². The van der Waals surface area contributed by atoms with E-state index in [1.807, 2.05) is 0 Å². The maximum Gasteiger partial charge on any atom is 0.0102 e. The molecule has 3 fully saturated rings. The van der Waals surface area contributed by atoms with E-state index in [2.05, 4.69) is 11.3 Å². The van der Waals surface area contributed by atoms with E-state index in [1.54, 1.807) is 0 Å². The Morgan fingerprint density at radius 1 is 0.692 bits per heavy atom. The van der Waals surface area contributed by atoms with Gasteiger partial charge < -0.3 is 0 Å². The van der Waals surface area contributed by atoms with E-state index in [4.69, 9.17) is 0 Å². The van der Waals surface area contributed by atoms with Crippen molar-refractivity contribution in [2.45, 2.75) is 69.5 Å². The lowest BCUT2D eigenvalue weighted by molar-refractivity contribution is 0.148. The van der Waals surface area contributed by atoms with Gasteiger partial charge in [-0.3, -0.25) is 4.90 Å². The standard InChI is InChI=1S/C12H20N/c1-2-4-10(5-3-1)13-11-6-7-12(13)9-8-11/h1,10-12H,2-9H2. The molecule has 13 heavy (non-hydrogen) atoms. The van der Waals surface area contributed by atoms with Crippen molar-refractivity contribution < 1.29 is 0 Å². The third-order valence-corrected chi connectivity index (χ3v) is 4.34. The molecule has 2 heterocycles. The maximum absolute atomic E-state index is 2.90. The summed E-state index contributed by atoms with van der Waals surface area (Å²) in [6.07, 6.45) is 14.2. The van der Waals surface area contributed by atoms with E-state index in [0.29, 0.717) is 0 Å². The van der Waals surface area contributed by atoms with E-state index in [9.17, 15) is 0 Å². The largest absolute Gasteiger partial charge is 0.294 e. The summed E-state index contributed by atoms with van der Waals surface area (Å²) < 4.78 is 0. The molecule has 2 saturated heterocycles. The highest BCUT2D eigenvalue weighted by Gasteiger charge is 2.42. The van der Waals surface area contributed by atoms with Gasteiger partial charge >= 0.3 is 0 Å². The minimum absolute atomic E-state index is 0.963. The molecule has 2 bridgehead atoms. The molecule has 1 radical (unpaired) electrons. The molecule has 0 aromatic carbocycles. The van der Waals surface area contributed by atoms with Crippen LogP contribution in [0.15, 0.2) is 0 Å². The van der Waals surface area contributed by atoms with Gasteiger partial charge in [-0.2, -0.15) is 0 Å². The SMILES string of the molecule is [CH]1CCC(N2C3CCC2CC3)CC1. The molecule has 3 aliphatic rings. The Bertz CT molecular complexity index is 164. The van der Waals surface area contributed by atoms with Crippen LogP contribution in [-0.4, -0.2) is 23.0 Å². The Morgan fingerprint density at radius 3 is 1.69 bits per heavy atom. The number of hydrogen-bond acceptors (Lipinski definition) is 1. The van der Waals surface area contributed by atoms with Gasteiger partial charge in [0.15, 0.2) is 0 Å². The van der Waals surface area contributed by atoms with Crippen molar-refractivity contribution in [3.8, 4) is 0 Å². The van der Waals surface area contributed by atoms with Gasteiger partial charge in [-0.05, 0) is 57.8 Å². The summed E-state index contributed by atoms with van der Waals surface area (Å²) >= 11 is 0. The Morgan fingerprint density at radius 2 is 1.15 bits per heavy atom. The molecule has 1 saturated carbocycles. The molecule has 1 heteroatoms. The first-order valence-electron chi connectivity index (χ1n) is 6.04. The van der Waals surface area contributed by atoms with Gasteiger partial charge in [0.25, 0.3) is 0 Å². The van der Waals surface area contributed by atoms with Crippen molar-refractivity contribution in [2.75, 3.05) is 0 Å². The molecule has 0 amide bonds. The average Bonchev–Trinajstić information content (AvgIpc) is 2.78. The molecular weight excluding hydrogens is 158 g/mol. The number of fused-ring (bicyclic) bond motifs is 2. The van der Waals surface area contributed by atoms with E-state index < -0.39 is 0 Å². The molecule has 0 aromatic rings. The highest BCUT2D eigenvalue weighted by atomic mass is 15.3. The Labute approximate surface area is 81.5 Å². The fraction of sp³-hybridized carbons (Fsp3) is 0.917. The van der Waals surface area contributed by atoms with Crippen LogP contribution in [0.3, 0.4) is 0 Å². The van der Waals surface area contributed by atoms with Gasteiger partial charge in [0.05, 0.1) is 0 Å². The first-order valence-corrected chi connectivity index (χ1v) is 6.04. The fourth-order valence-electron chi connectivity index (χ4n) is 3.76. The van der Waals surface area contributed by atoms with Gasteiger partial charge in [0.1, 0.15) is 0 Å². The van der Waals surface area contributed by atoms with Crippen LogP contribution in [0.25, 0.3) is 0 Å². The van der Waals surface area contributed by atoms with Crippen molar-refractivity contribution in [2.24, 2.45) is 0 Å². The summed E-state index contributed by atoms with van der Waals surface area (Å²) in [7, 11) is 0. The Balaban J connectivity index is 1.70. The smallest absolute Gasteiger partial charge is 0.0102 e. The fourth-order valence-corrected chi connectivity index (χ4v) is 3.76. The number of rotatable bonds is 1. The first-order chi connectivity index (χ1) is 6.45. The summed E-state index contributed by atoms with van der Waals surface area (Å²) in [6.45, 7) is 0. The van der Waals surface area contributed by atoms with Crippen LogP contribution in [-0.2, 0) is 0 Å². The maximum atomic E-state index is 2.90. The van der Waals surface area contributed by atoms with Crippen LogP contribution in [0.4, 0.5) is 0 Å². The third kappa shape index (κ3) is 1.32. The summed E-state index contributed by atoms with van der Waals surface area (Å²) in [4.78, 5) is 2.90. The van der Waals surface area contributed by atoms with Crippen LogP contribution in [0.5, 0.6) is 0 Å². The molecule has 1 nitrogen and oxygen atoms in total. The van der Waals surface area contributed by atoms with Gasteiger partial charge in [0.2, 0.25) is 0 Å². The van der Waals surface area contributed by atoms with Gasteiger partial charge in [0, 0.05) is 18.1 Å². The van der Waals surface area contributed by atoms with E-state index in [1.165, 1.54) is 51.4 Å². The van der Waals surface area contributed by atoms with E-state index >= 15 is 0 Å². The number of hydrogen-bond donors (Lipinski definition) is 0. The second-order valence-electron chi connectivity index (χ2n) is 5.01. The Hall–Kier alpha value is -0.0400. The van der Waals surface area contributed by atoms with Crippen LogP contribution in [0, 0.1) is 6.42 Å². The predicted molar refractivity (Wildman–Crippen MR) is 54.4 cm³/mol. The van der Waals surface area contributed by atoms with Crippen LogP contribution >= 0.6 is 0 Å². The van der Waals surface area contributed by atoms with E-state index in [-0.39, 0.29) is 0 Å². The Kier molecular flexibility index (Phi) is 2.08. The third-order valence-electron chi connectivity index (χ3n) is 4.34. The molecule has 0 aromatic heterocycles. The van der Waals surface area contributed by atoms with Crippen molar-refractivity contribution in [1.82, 2.24) is 4.90 Å². The average molecular weight is 178 g/mol. The zero-order valence-corrected chi connectivity index (χ0v) is 8.41. The molecule has 73 valence electrons. The van der Waals surface area contributed by atoms with Crippen molar-refractivity contribution in [3.63, 3.8) is 0 Å². The summed E-state index contributed by atoms with van der Waals surface area (Å²) in [5, 5.41) is 0. The van der Waals surface area contributed by atoms with Crippen LogP contribution in [0.2, 0.25) is 0 Å².